The van der Waals surface area contributed by atoms with Gasteiger partial charge in [-0.2, -0.15) is 0 Å². The highest BCUT2D eigenvalue weighted by atomic mass is 35.5. The minimum atomic E-state index is -4.07. The number of amides is 1. The number of nitrogens with one attached hydrogen (secondary N) is 4. The third kappa shape index (κ3) is 6.89. The molecule has 0 fully saturated rings. The van der Waals surface area contributed by atoms with Gasteiger partial charge in [0.05, 0.1) is 14.8 Å². The molecule has 0 aliphatic heterocycles. The van der Waals surface area contributed by atoms with Crippen LogP contribution in [0.1, 0.15) is 5.56 Å². The second-order valence-electron chi connectivity index (χ2n) is 6.76. The van der Waals surface area contributed by atoms with Crippen LogP contribution in [0, 0.1) is 17.0 Å². The van der Waals surface area contributed by atoms with Gasteiger partial charge >= 0.3 is 5.69 Å². The standard InChI is InChI=1S/C19H17Cl2N7O6S/c1-11-2-5-13(6-3-11)35(32,33)27-26-19-17(28(30)31)18(22-10-23-19)25-24-16(29)9-34-15-7-4-12(20)8-14(15)21/h2-8,10,27H,9H2,1H3,(H,24,29)(H2,22,23,25,26). The number of aryl methyl sites for hydroxylation is 1. The summed E-state index contributed by atoms with van der Waals surface area (Å²) in [4.78, 5) is 32.2. The van der Waals surface area contributed by atoms with Crippen LogP contribution in [0.5, 0.6) is 5.75 Å². The Hall–Kier alpha value is -3.72. The summed E-state index contributed by atoms with van der Waals surface area (Å²) in [6, 6.07) is 10.3. The first-order chi connectivity index (χ1) is 16.6. The van der Waals surface area contributed by atoms with Crippen molar-refractivity contribution in [1.29, 1.82) is 0 Å². The number of benzene rings is 2. The quantitative estimate of drug-likeness (QED) is 0.220. The molecule has 0 spiro atoms. The number of aromatic nitrogens is 2. The Kier molecular flexibility index (Phi) is 8.24. The van der Waals surface area contributed by atoms with Crippen molar-refractivity contribution in [3.63, 3.8) is 0 Å². The molecule has 16 heteroatoms. The number of nitro groups is 1. The first kappa shape index (κ1) is 25.9. The number of hydrogen-bond acceptors (Lipinski definition) is 10. The Morgan fingerprint density at radius 3 is 2.37 bits per heavy atom. The molecule has 0 radical (unpaired) electrons. The van der Waals surface area contributed by atoms with Crippen molar-refractivity contribution in [3.8, 4) is 5.75 Å². The first-order valence-corrected chi connectivity index (χ1v) is 11.8. The molecule has 35 heavy (non-hydrogen) atoms. The molecule has 184 valence electrons. The molecule has 3 aromatic rings. The van der Waals surface area contributed by atoms with Gasteiger partial charge in [0.1, 0.15) is 12.1 Å². The number of ether oxygens (including phenoxy) is 1. The van der Waals surface area contributed by atoms with E-state index in [0.717, 1.165) is 11.9 Å². The third-order valence-corrected chi connectivity index (χ3v) is 6.01. The maximum absolute atomic E-state index is 12.4. The van der Waals surface area contributed by atoms with Crippen molar-refractivity contribution in [1.82, 2.24) is 20.2 Å². The first-order valence-electron chi connectivity index (χ1n) is 9.53. The van der Waals surface area contributed by atoms with Gasteiger partial charge in [-0.15, -0.1) is 4.83 Å². The molecule has 0 saturated carbocycles. The zero-order valence-electron chi connectivity index (χ0n) is 17.8. The van der Waals surface area contributed by atoms with E-state index in [1.165, 1.54) is 30.3 Å². The van der Waals surface area contributed by atoms with Crippen molar-refractivity contribution < 1.29 is 22.9 Å². The lowest BCUT2D eigenvalue weighted by atomic mass is 10.2. The minimum Gasteiger partial charge on any atom is -0.482 e. The lowest BCUT2D eigenvalue weighted by molar-refractivity contribution is -0.383. The molecule has 0 unspecified atom stereocenters. The average molecular weight is 542 g/mol. The molecule has 0 saturated heterocycles. The highest BCUT2D eigenvalue weighted by Gasteiger charge is 2.25. The summed E-state index contributed by atoms with van der Waals surface area (Å²) in [6.45, 7) is 1.30. The van der Waals surface area contributed by atoms with Gasteiger partial charge in [0.2, 0.25) is 11.6 Å². The van der Waals surface area contributed by atoms with E-state index in [4.69, 9.17) is 27.9 Å². The van der Waals surface area contributed by atoms with Gasteiger partial charge in [-0.25, -0.2) is 18.4 Å². The molecular formula is C19H17Cl2N7O6S. The topological polar surface area (TPSA) is 177 Å². The Labute approximate surface area is 209 Å². The molecule has 13 nitrogen and oxygen atoms in total. The monoisotopic (exact) mass is 541 g/mol. The maximum Gasteiger partial charge on any atom is 0.356 e. The van der Waals surface area contributed by atoms with Crippen molar-refractivity contribution in [2.24, 2.45) is 0 Å². The molecule has 4 N–H and O–H groups in total. The number of sulfonamides is 1. The molecule has 1 heterocycles. The van der Waals surface area contributed by atoms with Crippen molar-refractivity contribution in [2.75, 3.05) is 17.5 Å². The van der Waals surface area contributed by atoms with Crippen LogP contribution in [0.4, 0.5) is 17.3 Å². The largest absolute Gasteiger partial charge is 0.482 e. The van der Waals surface area contributed by atoms with E-state index in [-0.39, 0.29) is 15.7 Å². The molecule has 0 aliphatic carbocycles. The molecule has 0 bridgehead atoms. The highest BCUT2D eigenvalue weighted by Crippen LogP contribution is 2.29. The number of carbonyl (C=O) groups is 1. The van der Waals surface area contributed by atoms with Gasteiger partial charge in [-0.1, -0.05) is 40.9 Å². The Balaban J connectivity index is 1.66. The molecule has 1 aromatic heterocycles. The summed E-state index contributed by atoms with van der Waals surface area (Å²) >= 11 is 11.8. The normalized spacial score (nSPS) is 10.9. The number of halogens is 2. The fourth-order valence-corrected chi connectivity index (χ4v) is 3.83. The molecular weight excluding hydrogens is 525 g/mol. The summed E-state index contributed by atoms with van der Waals surface area (Å²) in [5.41, 5.74) is 6.78. The number of anilines is 2. The number of carbonyl (C=O) groups excluding carboxylic acids is 1. The lowest BCUT2D eigenvalue weighted by Crippen LogP contribution is -2.34. The van der Waals surface area contributed by atoms with E-state index in [9.17, 15) is 23.3 Å². The van der Waals surface area contributed by atoms with Crippen LogP contribution in [-0.4, -0.2) is 35.8 Å². The smallest absolute Gasteiger partial charge is 0.356 e. The highest BCUT2D eigenvalue weighted by molar-refractivity contribution is 7.89. The number of hydrogen-bond donors (Lipinski definition) is 4. The third-order valence-electron chi connectivity index (χ3n) is 4.21. The van der Waals surface area contributed by atoms with E-state index >= 15 is 0 Å². The summed E-state index contributed by atoms with van der Waals surface area (Å²) in [7, 11) is -4.07. The SMILES string of the molecule is Cc1ccc(S(=O)(=O)NNc2ncnc(NNC(=O)COc3ccc(Cl)cc3Cl)c2[N+](=O)[O-])cc1. The van der Waals surface area contributed by atoms with E-state index in [1.54, 1.807) is 19.1 Å². The minimum absolute atomic E-state index is 0.0706. The Morgan fingerprint density at radius 1 is 1.09 bits per heavy atom. The van der Waals surface area contributed by atoms with Crippen LogP contribution in [0.25, 0.3) is 0 Å². The molecule has 1 amide bonds. The molecule has 3 rings (SSSR count). The predicted molar refractivity (Wildman–Crippen MR) is 128 cm³/mol. The summed E-state index contributed by atoms with van der Waals surface area (Å²) in [5, 5.41) is 12.2. The van der Waals surface area contributed by atoms with Gasteiger partial charge in [0, 0.05) is 5.02 Å². The van der Waals surface area contributed by atoms with E-state index in [0.29, 0.717) is 5.02 Å². The second-order valence-corrected chi connectivity index (χ2v) is 9.28. The summed E-state index contributed by atoms with van der Waals surface area (Å²) in [6.07, 6.45) is 0.925. The zero-order chi connectivity index (χ0) is 25.6. The van der Waals surface area contributed by atoms with Gasteiger partial charge < -0.3 is 4.74 Å². The maximum atomic E-state index is 12.4. The van der Waals surface area contributed by atoms with Gasteiger partial charge in [0.15, 0.2) is 6.61 Å². The van der Waals surface area contributed by atoms with Crippen molar-refractivity contribution >= 4 is 56.5 Å². The van der Waals surface area contributed by atoms with Gasteiger partial charge in [0.25, 0.3) is 15.9 Å². The van der Waals surface area contributed by atoms with E-state index in [1.807, 2.05) is 4.83 Å². The van der Waals surface area contributed by atoms with Crippen LogP contribution in [0.15, 0.2) is 53.7 Å². The number of hydrazine groups is 2. The van der Waals surface area contributed by atoms with Gasteiger partial charge in [-0.3, -0.25) is 31.2 Å². The van der Waals surface area contributed by atoms with Gasteiger partial charge in [-0.05, 0) is 37.3 Å². The zero-order valence-corrected chi connectivity index (χ0v) is 20.1. The van der Waals surface area contributed by atoms with Crippen molar-refractivity contribution in [2.45, 2.75) is 11.8 Å². The van der Waals surface area contributed by atoms with Crippen LogP contribution < -0.4 is 25.8 Å². The predicted octanol–water partition coefficient (Wildman–Crippen LogP) is 2.83. The van der Waals surface area contributed by atoms with Crippen LogP contribution >= 0.6 is 23.2 Å². The lowest BCUT2D eigenvalue weighted by Gasteiger charge is -2.12. The van der Waals surface area contributed by atoms with E-state index in [2.05, 4.69) is 26.2 Å². The molecule has 0 aliphatic rings. The summed E-state index contributed by atoms with van der Waals surface area (Å²) in [5.74, 6) is -1.41. The average Bonchev–Trinajstić information content (AvgIpc) is 2.81. The Bertz CT molecular complexity index is 1360. The summed E-state index contributed by atoms with van der Waals surface area (Å²) < 4.78 is 30.1. The molecule has 2 aromatic carbocycles. The van der Waals surface area contributed by atoms with Crippen LogP contribution in [-0.2, 0) is 14.8 Å². The van der Waals surface area contributed by atoms with Crippen molar-refractivity contribution in [3.05, 3.63) is 74.5 Å². The van der Waals surface area contributed by atoms with Crippen LogP contribution in [0.2, 0.25) is 10.0 Å². The Morgan fingerprint density at radius 2 is 1.74 bits per heavy atom. The fraction of sp³-hybridized carbons (Fsp3) is 0.105. The van der Waals surface area contributed by atoms with E-state index < -0.39 is 44.8 Å². The number of rotatable bonds is 10. The van der Waals surface area contributed by atoms with Crippen LogP contribution in [0.3, 0.4) is 0 Å². The fourth-order valence-electron chi connectivity index (χ4n) is 2.53. The number of nitrogens with zero attached hydrogens (tertiary/aromatic N) is 3. The second kappa shape index (κ2) is 11.1. The molecule has 0 atom stereocenters.